The first-order valence-electron chi connectivity index (χ1n) is 9.54. The molecule has 0 unspecified atom stereocenters. The molecule has 6 rings (SSSR count). The number of methoxy groups -OCH3 is 1. The lowest BCUT2D eigenvalue weighted by Crippen LogP contribution is -2.58. The number of benzene rings is 2. The normalized spacial score (nSPS) is 34.0. The van der Waals surface area contributed by atoms with Crippen LogP contribution < -0.4 is 10.1 Å². The van der Waals surface area contributed by atoms with Crippen LogP contribution in [0.3, 0.4) is 0 Å². The third-order valence-corrected chi connectivity index (χ3v) is 6.90. The van der Waals surface area contributed by atoms with Crippen molar-refractivity contribution in [2.75, 3.05) is 7.11 Å². The van der Waals surface area contributed by atoms with Crippen LogP contribution in [0.15, 0.2) is 36.4 Å². The van der Waals surface area contributed by atoms with Gasteiger partial charge in [-0.2, -0.15) is 0 Å². The topological polar surface area (TPSA) is 21.3 Å². The van der Waals surface area contributed by atoms with E-state index in [0.29, 0.717) is 5.54 Å². The van der Waals surface area contributed by atoms with Gasteiger partial charge in [-0.1, -0.05) is 30.3 Å². The molecule has 2 heteroatoms. The zero-order chi connectivity index (χ0) is 16.1. The monoisotopic (exact) mass is 321 g/mol. The minimum Gasteiger partial charge on any atom is -0.496 e. The van der Waals surface area contributed by atoms with E-state index >= 15 is 0 Å². The van der Waals surface area contributed by atoms with Crippen LogP contribution in [0, 0.1) is 17.8 Å². The van der Waals surface area contributed by atoms with Gasteiger partial charge in [0.2, 0.25) is 0 Å². The zero-order valence-electron chi connectivity index (χ0n) is 14.6. The van der Waals surface area contributed by atoms with Crippen molar-refractivity contribution >= 4 is 10.8 Å². The summed E-state index contributed by atoms with van der Waals surface area (Å²) in [6.45, 7) is 0.927. The maximum atomic E-state index is 5.68. The molecule has 4 aliphatic rings. The highest BCUT2D eigenvalue weighted by molar-refractivity contribution is 5.87. The maximum absolute atomic E-state index is 5.68. The van der Waals surface area contributed by atoms with Crippen molar-refractivity contribution in [1.29, 1.82) is 0 Å². The molecule has 0 atom stereocenters. The smallest absolute Gasteiger partial charge is 0.123 e. The van der Waals surface area contributed by atoms with Gasteiger partial charge in [0.25, 0.3) is 0 Å². The van der Waals surface area contributed by atoms with Crippen LogP contribution in [0.5, 0.6) is 5.75 Å². The van der Waals surface area contributed by atoms with Gasteiger partial charge < -0.3 is 10.1 Å². The van der Waals surface area contributed by atoms with Crippen LogP contribution >= 0.6 is 0 Å². The summed E-state index contributed by atoms with van der Waals surface area (Å²) >= 11 is 0. The van der Waals surface area contributed by atoms with E-state index < -0.39 is 0 Å². The summed E-state index contributed by atoms with van der Waals surface area (Å²) in [6.07, 6.45) is 8.68. The molecule has 4 aliphatic carbocycles. The van der Waals surface area contributed by atoms with Gasteiger partial charge in [-0.15, -0.1) is 0 Å². The summed E-state index contributed by atoms with van der Waals surface area (Å²) in [6, 6.07) is 13.0. The van der Waals surface area contributed by atoms with Crippen molar-refractivity contribution in [2.45, 2.75) is 50.6 Å². The van der Waals surface area contributed by atoms with Gasteiger partial charge >= 0.3 is 0 Å². The molecular formula is C22H27NO. The number of hydrogen-bond acceptors (Lipinski definition) is 2. The SMILES string of the molecule is COc1ccc2ccccc2c1CNC12CC3CC(CC(C3)C1)C2. The van der Waals surface area contributed by atoms with Gasteiger partial charge in [0.15, 0.2) is 0 Å². The molecule has 4 saturated carbocycles. The minimum absolute atomic E-state index is 0.400. The number of ether oxygens (including phenoxy) is 1. The van der Waals surface area contributed by atoms with Gasteiger partial charge in [-0.25, -0.2) is 0 Å². The largest absolute Gasteiger partial charge is 0.496 e. The van der Waals surface area contributed by atoms with E-state index in [-0.39, 0.29) is 0 Å². The Hall–Kier alpha value is -1.54. The van der Waals surface area contributed by atoms with Gasteiger partial charge in [-0.05, 0) is 73.1 Å². The molecule has 1 N–H and O–H groups in total. The molecule has 2 nitrogen and oxygen atoms in total. The second-order valence-electron chi connectivity index (χ2n) is 8.52. The molecule has 0 heterocycles. The summed E-state index contributed by atoms with van der Waals surface area (Å²) in [5, 5.41) is 6.66. The number of rotatable bonds is 4. The van der Waals surface area contributed by atoms with Crippen molar-refractivity contribution < 1.29 is 4.74 Å². The van der Waals surface area contributed by atoms with Gasteiger partial charge in [0, 0.05) is 17.6 Å². The van der Waals surface area contributed by atoms with Gasteiger partial charge in [0.05, 0.1) is 7.11 Å². The quantitative estimate of drug-likeness (QED) is 0.864. The van der Waals surface area contributed by atoms with Crippen molar-refractivity contribution in [3.05, 3.63) is 42.0 Å². The predicted octanol–water partition coefficient (Wildman–Crippen LogP) is 4.91. The summed E-state index contributed by atoms with van der Waals surface area (Å²) in [5.74, 6) is 3.97. The standard InChI is InChI=1S/C22H27NO/c1-24-21-7-6-18-4-2-3-5-19(18)20(21)14-23-22-11-15-8-16(12-22)10-17(9-15)13-22/h2-7,15-17,23H,8-14H2,1H3. The second kappa shape index (κ2) is 5.49. The lowest BCUT2D eigenvalue weighted by atomic mass is 9.53. The Morgan fingerprint density at radius 1 is 0.958 bits per heavy atom. The molecular weight excluding hydrogens is 294 g/mol. The fourth-order valence-corrected chi connectivity index (χ4v) is 6.29. The summed E-state index contributed by atoms with van der Waals surface area (Å²) in [7, 11) is 1.79. The lowest BCUT2D eigenvalue weighted by Gasteiger charge is -2.57. The first-order valence-corrected chi connectivity index (χ1v) is 9.54. The third kappa shape index (κ3) is 2.35. The molecule has 0 aromatic heterocycles. The van der Waals surface area contributed by atoms with Crippen LogP contribution in [0.25, 0.3) is 10.8 Å². The van der Waals surface area contributed by atoms with E-state index in [0.717, 1.165) is 30.0 Å². The second-order valence-corrected chi connectivity index (χ2v) is 8.52. The zero-order valence-corrected chi connectivity index (χ0v) is 14.6. The molecule has 24 heavy (non-hydrogen) atoms. The molecule has 4 fully saturated rings. The van der Waals surface area contributed by atoms with Crippen molar-refractivity contribution in [1.82, 2.24) is 5.32 Å². The first kappa shape index (κ1) is 14.8. The molecule has 0 saturated heterocycles. The Labute approximate surface area is 144 Å². The summed E-state index contributed by atoms with van der Waals surface area (Å²) in [5.41, 5.74) is 1.72. The van der Waals surface area contributed by atoms with Crippen molar-refractivity contribution in [2.24, 2.45) is 17.8 Å². The Morgan fingerprint density at radius 3 is 2.29 bits per heavy atom. The highest BCUT2D eigenvalue weighted by atomic mass is 16.5. The van der Waals surface area contributed by atoms with E-state index in [4.69, 9.17) is 4.74 Å². The summed E-state index contributed by atoms with van der Waals surface area (Å²) < 4.78 is 5.68. The highest BCUT2D eigenvalue weighted by Gasteiger charge is 2.50. The fourth-order valence-electron chi connectivity index (χ4n) is 6.29. The molecule has 0 spiro atoms. The van der Waals surface area contributed by atoms with Crippen LogP contribution in [0.2, 0.25) is 0 Å². The van der Waals surface area contributed by atoms with Crippen LogP contribution in [-0.4, -0.2) is 12.6 Å². The van der Waals surface area contributed by atoms with E-state index in [1.807, 2.05) is 0 Å². The molecule has 2 aromatic rings. The Kier molecular flexibility index (Phi) is 3.38. The van der Waals surface area contributed by atoms with E-state index in [2.05, 4.69) is 41.7 Å². The molecule has 2 aromatic carbocycles. The van der Waals surface area contributed by atoms with Gasteiger partial charge in [-0.3, -0.25) is 0 Å². The minimum atomic E-state index is 0.400. The Morgan fingerprint density at radius 2 is 1.62 bits per heavy atom. The van der Waals surface area contributed by atoms with Gasteiger partial charge in [0.1, 0.15) is 5.75 Å². The van der Waals surface area contributed by atoms with E-state index in [1.54, 1.807) is 7.11 Å². The Balaban J connectivity index is 1.45. The fraction of sp³-hybridized carbons (Fsp3) is 0.545. The van der Waals surface area contributed by atoms with E-state index in [1.165, 1.54) is 54.9 Å². The first-order chi connectivity index (χ1) is 11.7. The average molecular weight is 321 g/mol. The number of fused-ring (bicyclic) bond motifs is 1. The highest BCUT2D eigenvalue weighted by Crippen LogP contribution is 2.55. The van der Waals surface area contributed by atoms with Crippen LogP contribution in [0.4, 0.5) is 0 Å². The molecule has 4 bridgehead atoms. The lowest BCUT2D eigenvalue weighted by molar-refractivity contribution is -0.0206. The molecule has 0 radical (unpaired) electrons. The Bertz CT molecular complexity index is 730. The maximum Gasteiger partial charge on any atom is 0.123 e. The summed E-state index contributed by atoms with van der Waals surface area (Å²) in [4.78, 5) is 0. The molecule has 126 valence electrons. The van der Waals surface area contributed by atoms with Crippen molar-refractivity contribution in [3.8, 4) is 5.75 Å². The van der Waals surface area contributed by atoms with Crippen LogP contribution in [0.1, 0.15) is 44.1 Å². The molecule has 0 amide bonds. The van der Waals surface area contributed by atoms with Crippen molar-refractivity contribution in [3.63, 3.8) is 0 Å². The third-order valence-electron chi connectivity index (χ3n) is 6.90. The van der Waals surface area contributed by atoms with E-state index in [9.17, 15) is 0 Å². The number of nitrogens with one attached hydrogen (secondary N) is 1. The average Bonchev–Trinajstić information content (AvgIpc) is 2.58. The predicted molar refractivity (Wildman–Crippen MR) is 98.2 cm³/mol. The molecule has 0 aliphatic heterocycles. The number of hydrogen-bond donors (Lipinski definition) is 1. The van der Waals surface area contributed by atoms with Crippen LogP contribution in [-0.2, 0) is 6.54 Å².